The molecular formula is C23H21N5O2. The van der Waals surface area contributed by atoms with Crippen LogP contribution in [0.15, 0.2) is 61.4 Å². The highest BCUT2D eigenvalue weighted by Gasteiger charge is 2.27. The summed E-state index contributed by atoms with van der Waals surface area (Å²) >= 11 is 0. The molecule has 2 heterocycles. The van der Waals surface area contributed by atoms with Crippen molar-refractivity contribution in [3.05, 3.63) is 72.6 Å². The molecule has 4 aromatic rings. The van der Waals surface area contributed by atoms with Crippen LogP contribution in [0.1, 0.15) is 17.2 Å². The van der Waals surface area contributed by atoms with E-state index in [-0.39, 0.29) is 11.8 Å². The van der Waals surface area contributed by atoms with Gasteiger partial charge in [0.1, 0.15) is 24.4 Å². The molecule has 0 radical (unpaired) electrons. The first-order valence-electron chi connectivity index (χ1n) is 9.78. The van der Waals surface area contributed by atoms with E-state index < -0.39 is 0 Å². The summed E-state index contributed by atoms with van der Waals surface area (Å²) in [5.74, 6) is 0.779. The van der Waals surface area contributed by atoms with Crippen molar-refractivity contribution in [1.29, 1.82) is 0 Å². The Morgan fingerprint density at radius 3 is 2.63 bits per heavy atom. The molecule has 2 aromatic heterocycles. The van der Waals surface area contributed by atoms with E-state index >= 15 is 0 Å². The molecule has 7 heteroatoms. The van der Waals surface area contributed by atoms with Gasteiger partial charge in [-0.2, -0.15) is 5.10 Å². The number of hydrogen-bond donors (Lipinski definition) is 2. The van der Waals surface area contributed by atoms with Gasteiger partial charge < -0.3 is 15.6 Å². The lowest BCUT2D eigenvalue weighted by atomic mass is 10.1. The fourth-order valence-electron chi connectivity index (χ4n) is 4.10. The summed E-state index contributed by atoms with van der Waals surface area (Å²) in [7, 11) is 0. The molecule has 1 aliphatic rings. The topological polar surface area (TPSA) is 99.1 Å². The Labute approximate surface area is 173 Å². The highest BCUT2D eigenvalue weighted by Crippen LogP contribution is 2.38. The van der Waals surface area contributed by atoms with Crippen molar-refractivity contribution in [2.24, 2.45) is 0 Å². The lowest BCUT2D eigenvalue weighted by Crippen LogP contribution is -2.11. The quantitative estimate of drug-likeness (QED) is 0.497. The SMILES string of the molecule is C=CCOc1ccc(-c2nn(C3Cc4ccccc4C3)c3ncnc(N)c23)cc1O. The van der Waals surface area contributed by atoms with Crippen LogP contribution in [0.4, 0.5) is 5.82 Å². The zero-order chi connectivity index (χ0) is 20.7. The van der Waals surface area contributed by atoms with Crippen LogP contribution in [0.25, 0.3) is 22.3 Å². The minimum atomic E-state index is 0.0285. The molecule has 5 rings (SSSR count). The molecule has 3 N–H and O–H groups in total. The molecule has 1 aliphatic carbocycles. The van der Waals surface area contributed by atoms with Gasteiger partial charge in [0.05, 0.1) is 11.4 Å². The molecule has 0 atom stereocenters. The van der Waals surface area contributed by atoms with Crippen LogP contribution in [0.3, 0.4) is 0 Å². The summed E-state index contributed by atoms with van der Waals surface area (Å²) in [6, 6.07) is 13.8. The number of aromatic hydroxyl groups is 1. The third-order valence-corrected chi connectivity index (χ3v) is 5.48. The summed E-state index contributed by atoms with van der Waals surface area (Å²) in [6.45, 7) is 3.94. The standard InChI is InChI=1S/C23H21N5O2/c1-2-9-30-19-8-7-16(12-18(19)29)21-20-22(24)25-13-26-23(20)28(27-21)17-10-14-5-3-4-6-15(14)11-17/h2-8,12-13,17,29H,1,9-11H2,(H2,24,25,26). The number of fused-ring (bicyclic) bond motifs is 2. The number of rotatable bonds is 5. The largest absolute Gasteiger partial charge is 0.504 e. The molecule has 7 nitrogen and oxygen atoms in total. The second-order valence-corrected chi connectivity index (χ2v) is 7.36. The van der Waals surface area contributed by atoms with Gasteiger partial charge in [0, 0.05) is 5.56 Å². The van der Waals surface area contributed by atoms with Gasteiger partial charge >= 0.3 is 0 Å². The smallest absolute Gasteiger partial charge is 0.164 e. The van der Waals surface area contributed by atoms with Crippen LogP contribution in [-0.4, -0.2) is 31.5 Å². The fourth-order valence-corrected chi connectivity index (χ4v) is 4.10. The van der Waals surface area contributed by atoms with Gasteiger partial charge in [0.25, 0.3) is 0 Å². The highest BCUT2D eigenvalue weighted by molar-refractivity contribution is 5.98. The van der Waals surface area contributed by atoms with Crippen LogP contribution in [0.2, 0.25) is 0 Å². The third-order valence-electron chi connectivity index (χ3n) is 5.48. The highest BCUT2D eigenvalue weighted by atomic mass is 16.5. The van der Waals surface area contributed by atoms with E-state index in [4.69, 9.17) is 15.6 Å². The van der Waals surface area contributed by atoms with Gasteiger partial charge in [0.15, 0.2) is 17.1 Å². The predicted molar refractivity (Wildman–Crippen MR) is 115 cm³/mol. The van der Waals surface area contributed by atoms with E-state index in [2.05, 4.69) is 40.8 Å². The van der Waals surface area contributed by atoms with Crippen molar-refractivity contribution in [2.45, 2.75) is 18.9 Å². The van der Waals surface area contributed by atoms with Crippen molar-refractivity contribution in [3.63, 3.8) is 0 Å². The Morgan fingerprint density at radius 2 is 1.93 bits per heavy atom. The Hall–Kier alpha value is -3.87. The summed E-state index contributed by atoms with van der Waals surface area (Å²) in [5, 5.41) is 16.0. The van der Waals surface area contributed by atoms with E-state index in [1.165, 1.54) is 17.5 Å². The van der Waals surface area contributed by atoms with Gasteiger partial charge in [-0.3, -0.25) is 0 Å². The molecule has 0 bridgehead atoms. The van der Waals surface area contributed by atoms with Crippen LogP contribution < -0.4 is 10.5 Å². The second-order valence-electron chi connectivity index (χ2n) is 7.36. The van der Waals surface area contributed by atoms with Crippen molar-refractivity contribution >= 4 is 16.9 Å². The molecule has 0 aliphatic heterocycles. The van der Waals surface area contributed by atoms with Crippen molar-refractivity contribution in [1.82, 2.24) is 19.7 Å². The lowest BCUT2D eigenvalue weighted by Gasteiger charge is -2.10. The van der Waals surface area contributed by atoms with Crippen molar-refractivity contribution < 1.29 is 9.84 Å². The van der Waals surface area contributed by atoms with Crippen LogP contribution >= 0.6 is 0 Å². The lowest BCUT2D eigenvalue weighted by molar-refractivity contribution is 0.336. The van der Waals surface area contributed by atoms with E-state index in [1.54, 1.807) is 18.2 Å². The Morgan fingerprint density at radius 1 is 1.17 bits per heavy atom. The maximum atomic E-state index is 10.4. The zero-order valence-electron chi connectivity index (χ0n) is 16.3. The third kappa shape index (κ3) is 2.95. The van der Waals surface area contributed by atoms with E-state index in [0.717, 1.165) is 18.4 Å². The first-order valence-corrected chi connectivity index (χ1v) is 9.78. The molecule has 0 unspecified atom stereocenters. The fraction of sp³-hybridized carbons (Fsp3) is 0.174. The first kappa shape index (κ1) is 18.2. The van der Waals surface area contributed by atoms with Gasteiger partial charge in [-0.15, -0.1) is 0 Å². The number of hydrogen-bond acceptors (Lipinski definition) is 6. The molecule has 0 fully saturated rings. The number of phenols is 1. The molecule has 0 saturated heterocycles. The number of nitrogens with two attached hydrogens (primary N) is 1. The number of ether oxygens (including phenoxy) is 1. The number of nitrogens with zero attached hydrogens (tertiary/aromatic N) is 4. The minimum Gasteiger partial charge on any atom is -0.504 e. The Balaban J connectivity index is 1.60. The Kier molecular flexibility index (Phi) is 4.35. The Bertz CT molecular complexity index is 1240. The van der Waals surface area contributed by atoms with Crippen LogP contribution in [0, 0.1) is 0 Å². The molecule has 30 heavy (non-hydrogen) atoms. The average Bonchev–Trinajstić information content (AvgIpc) is 3.35. The van der Waals surface area contributed by atoms with Gasteiger partial charge in [-0.25, -0.2) is 14.6 Å². The normalized spacial score (nSPS) is 13.5. The maximum Gasteiger partial charge on any atom is 0.164 e. The summed E-state index contributed by atoms with van der Waals surface area (Å²) in [5.41, 5.74) is 10.9. The summed E-state index contributed by atoms with van der Waals surface area (Å²) < 4.78 is 7.41. The number of benzene rings is 2. The second kappa shape index (κ2) is 7.18. The monoisotopic (exact) mass is 399 g/mol. The van der Waals surface area contributed by atoms with Crippen LogP contribution in [-0.2, 0) is 12.8 Å². The molecule has 0 spiro atoms. The average molecular weight is 399 g/mol. The van der Waals surface area contributed by atoms with Crippen molar-refractivity contribution in [2.75, 3.05) is 12.3 Å². The van der Waals surface area contributed by atoms with Gasteiger partial charge in [-0.05, 0) is 42.2 Å². The summed E-state index contributed by atoms with van der Waals surface area (Å²) in [6.07, 6.45) is 4.86. The molecule has 150 valence electrons. The maximum absolute atomic E-state index is 10.4. The minimum absolute atomic E-state index is 0.0285. The van der Waals surface area contributed by atoms with E-state index in [1.807, 2.05) is 10.7 Å². The summed E-state index contributed by atoms with van der Waals surface area (Å²) in [4.78, 5) is 8.66. The van der Waals surface area contributed by atoms with Gasteiger partial charge in [-0.1, -0.05) is 36.9 Å². The molecular weight excluding hydrogens is 378 g/mol. The first-order chi connectivity index (χ1) is 14.7. The molecule has 0 saturated carbocycles. The predicted octanol–water partition coefficient (Wildman–Crippen LogP) is 3.69. The van der Waals surface area contributed by atoms with Crippen molar-refractivity contribution in [3.8, 4) is 22.8 Å². The van der Waals surface area contributed by atoms with E-state index in [0.29, 0.717) is 34.9 Å². The number of aromatic nitrogens is 4. The van der Waals surface area contributed by atoms with E-state index in [9.17, 15) is 5.11 Å². The van der Waals surface area contributed by atoms with Crippen LogP contribution in [0.5, 0.6) is 11.5 Å². The molecule has 0 amide bonds. The number of nitrogen functional groups attached to an aromatic ring is 1. The molecule has 2 aromatic carbocycles. The van der Waals surface area contributed by atoms with Gasteiger partial charge in [0.2, 0.25) is 0 Å². The number of phenolic OH excluding ortho intramolecular Hbond substituents is 1. The number of anilines is 1. The zero-order valence-corrected chi connectivity index (χ0v) is 16.3.